The molecule has 18 heavy (non-hydrogen) atoms. The van der Waals surface area contributed by atoms with Crippen molar-refractivity contribution in [1.82, 2.24) is 15.0 Å². The lowest BCUT2D eigenvalue weighted by Gasteiger charge is -2.07. The van der Waals surface area contributed by atoms with Crippen molar-refractivity contribution in [1.29, 1.82) is 0 Å². The highest BCUT2D eigenvalue weighted by Gasteiger charge is 2.13. The van der Waals surface area contributed by atoms with Crippen molar-refractivity contribution < 1.29 is 5.11 Å². The third kappa shape index (κ3) is 2.71. The maximum atomic E-state index is 9.33. The molecule has 0 saturated heterocycles. The summed E-state index contributed by atoms with van der Waals surface area (Å²) in [4.78, 5) is 0. The molecule has 2 rings (SSSR count). The number of unbranched alkanes of at least 4 members (excludes halogenated alkanes) is 1. The fourth-order valence-corrected chi connectivity index (χ4v) is 1.97. The largest absolute Gasteiger partial charge is 0.390 e. The first kappa shape index (κ1) is 13.1. The van der Waals surface area contributed by atoms with Gasteiger partial charge in [0.05, 0.1) is 12.3 Å². The van der Waals surface area contributed by atoms with Crippen LogP contribution in [0, 0.1) is 0 Å². The van der Waals surface area contributed by atoms with Crippen molar-refractivity contribution in [2.75, 3.05) is 0 Å². The first-order chi connectivity index (χ1) is 8.76. The van der Waals surface area contributed by atoms with Gasteiger partial charge in [-0.25, -0.2) is 4.68 Å². The van der Waals surface area contributed by atoms with Gasteiger partial charge in [0.1, 0.15) is 5.69 Å². The summed E-state index contributed by atoms with van der Waals surface area (Å²) in [6.07, 6.45) is 2.13. The van der Waals surface area contributed by atoms with Gasteiger partial charge in [-0.15, -0.1) is 5.10 Å². The highest BCUT2D eigenvalue weighted by molar-refractivity contribution is 6.30. The van der Waals surface area contributed by atoms with E-state index >= 15 is 0 Å². The maximum Gasteiger partial charge on any atom is 0.116 e. The van der Waals surface area contributed by atoms with Crippen molar-refractivity contribution in [2.45, 2.75) is 32.9 Å². The fourth-order valence-electron chi connectivity index (χ4n) is 1.84. The summed E-state index contributed by atoms with van der Waals surface area (Å²) < 4.78 is 1.85. The molecular formula is C13H16ClN3O. The Morgan fingerprint density at radius 2 is 2.00 bits per heavy atom. The fraction of sp³-hybridized carbons (Fsp3) is 0.385. The zero-order chi connectivity index (χ0) is 13.0. The summed E-state index contributed by atoms with van der Waals surface area (Å²) in [5.41, 5.74) is 2.46. The molecule has 0 aliphatic heterocycles. The van der Waals surface area contributed by atoms with E-state index in [-0.39, 0.29) is 6.61 Å². The topological polar surface area (TPSA) is 50.9 Å². The monoisotopic (exact) mass is 265 g/mol. The molecule has 0 aliphatic rings. The molecule has 0 saturated carbocycles. The number of aromatic nitrogens is 3. The van der Waals surface area contributed by atoms with Gasteiger partial charge >= 0.3 is 0 Å². The van der Waals surface area contributed by atoms with Gasteiger partial charge in [0, 0.05) is 17.1 Å². The second-order valence-corrected chi connectivity index (χ2v) is 4.56. The highest BCUT2D eigenvalue weighted by atomic mass is 35.5. The van der Waals surface area contributed by atoms with Crippen LogP contribution in [0.5, 0.6) is 0 Å². The number of aliphatic hydroxyl groups excluding tert-OH is 1. The molecule has 96 valence electrons. The van der Waals surface area contributed by atoms with Gasteiger partial charge in [0.25, 0.3) is 0 Å². The number of aliphatic hydroxyl groups is 1. The van der Waals surface area contributed by atoms with Crippen molar-refractivity contribution in [3.05, 3.63) is 35.0 Å². The van der Waals surface area contributed by atoms with Crippen molar-refractivity contribution >= 4 is 11.6 Å². The number of aryl methyl sites for hydroxylation is 1. The summed E-state index contributed by atoms with van der Waals surface area (Å²) >= 11 is 5.88. The van der Waals surface area contributed by atoms with Crippen LogP contribution in [0.4, 0.5) is 0 Å². The average Bonchev–Trinajstić information content (AvgIpc) is 2.80. The van der Waals surface area contributed by atoms with Crippen LogP contribution in [0.2, 0.25) is 5.02 Å². The molecule has 0 fully saturated rings. The Bertz CT molecular complexity index is 507. The predicted octanol–water partition coefficient (Wildman–Crippen LogP) is 2.89. The van der Waals surface area contributed by atoms with Gasteiger partial charge in [-0.1, -0.05) is 42.3 Å². The molecule has 5 heteroatoms. The molecule has 1 aromatic heterocycles. The maximum absolute atomic E-state index is 9.33. The Morgan fingerprint density at radius 1 is 1.28 bits per heavy atom. The Balaban J connectivity index is 2.39. The van der Waals surface area contributed by atoms with Crippen LogP contribution in [0.15, 0.2) is 24.3 Å². The quantitative estimate of drug-likeness (QED) is 0.904. The van der Waals surface area contributed by atoms with Crippen molar-refractivity contribution in [2.24, 2.45) is 0 Å². The number of rotatable bonds is 5. The zero-order valence-electron chi connectivity index (χ0n) is 10.3. The zero-order valence-corrected chi connectivity index (χ0v) is 11.1. The smallest absolute Gasteiger partial charge is 0.116 e. The van der Waals surface area contributed by atoms with Crippen LogP contribution < -0.4 is 0 Å². The van der Waals surface area contributed by atoms with Crippen LogP contribution in [-0.2, 0) is 13.2 Å². The predicted molar refractivity (Wildman–Crippen MR) is 71.3 cm³/mol. The number of nitrogens with zero attached hydrogens (tertiary/aromatic N) is 3. The highest BCUT2D eigenvalue weighted by Crippen LogP contribution is 2.24. The molecular weight excluding hydrogens is 250 g/mol. The molecule has 0 unspecified atom stereocenters. The number of benzene rings is 1. The molecule has 1 N–H and O–H groups in total. The van der Waals surface area contributed by atoms with Gasteiger partial charge in [0.2, 0.25) is 0 Å². The molecule has 0 aliphatic carbocycles. The number of hydrogen-bond donors (Lipinski definition) is 1. The first-order valence-corrected chi connectivity index (χ1v) is 6.43. The van der Waals surface area contributed by atoms with E-state index in [4.69, 9.17) is 11.6 Å². The van der Waals surface area contributed by atoms with E-state index in [1.54, 1.807) is 0 Å². The van der Waals surface area contributed by atoms with E-state index < -0.39 is 0 Å². The van der Waals surface area contributed by atoms with E-state index in [0.29, 0.717) is 10.7 Å². The third-order valence-electron chi connectivity index (χ3n) is 2.80. The second-order valence-electron chi connectivity index (χ2n) is 4.13. The molecule has 0 spiro atoms. The molecule has 0 radical (unpaired) electrons. The molecule has 0 bridgehead atoms. The lowest BCUT2D eigenvalue weighted by Crippen LogP contribution is -2.03. The van der Waals surface area contributed by atoms with Gasteiger partial charge in [0.15, 0.2) is 0 Å². The average molecular weight is 266 g/mol. The summed E-state index contributed by atoms with van der Waals surface area (Å²) in [5.74, 6) is 0. The molecule has 0 atom stereocenters. The van der Waals surface area contributed by atoms with Gasteiger partial charge in [-0.3, -0.25) is 0 Å². The Labute approximate surface area is 111 Å². The lowest BCUT2D eigenvalue weighted by molar-refractivity contribution is 0.277. The summed E-state index contributed by atoms with van der Waals surface area (Å²) in [6.45, 7) is 2.83. The minimum absolute atomic E-state index is 0.107. The van der Waals surface area contributed by atoms with Crippen LogP contribution >= 0.6 is 11.6 Å². The van der Waals surface area contributed by atoms with Crippen LogP contribution in [0.1, 0.15) is 25.5 Å². The molecule has 2 aromatic rings. The first-order valence-electron chi connectivity index (χ1n) is 6.05. The SMILES string of the molecule is CCCCn1nnc(CO)c1-c1ccc(Cl)cc1. The lowest BCUT2D eigenvalue weighted by atomic mass is 10.1. The Morgan fingerprint density at radius 3 is 2.61 bits per heavy atom. The molecule has 1 aromatic carbocycles. The van der Waals surface area contributed by atoms with E-state index in [0.717, 1.165) is 30.6 Å². The summed E-state index contributed by atoms with van der Waals surface area (Å²) in [7, 11) is 0. The van der Waals surface area contributed by atoms with Crippen molar-refractivity contribution in [3.8, 4) is 11.3 Å². The van der Waals surface area contributed by atoms with E-state index in [1.807, 2.05) is 28.9 Å². The second kappa shape index (κ2) is 5.98. The van der Waals surface area contributed by atoms with Gasteiger partial charge in [-0.2, -0.15) is 0 Å². The Hall–Kier alpha value is -1.39. The minimum Gasteiger partial charge on any atom is -0.390 e. The summed E-state index contributed by atoms with van der Waals surface area (Å²) in [6, 6.07) is 7.50. The number of hydrogen-bond acceptors (Lipinski definition) is 3. The third-order valence-corrected chi connectivity index (χ3v) is 3.05. The van der Waals surface area contributed by atoms with Crippen LogP contribution in [0.25, 0.3) is 11.3 Å². The number of halogens is 1. The van der Waals surface area contributed by atoms with Crippen LogP contribution in [-0.4, -0.2) is 20.1 Å². The minimum atomic E-state index is -0.107. The Kier molecular flexibility index (Phi) is 4.33. The van der Waals surface area contributed by atoms with Crippen LogP contribution in [0.3, 0.4) is 0 Å². The van der Waals surface area contributed by atoms with E-state index in [9.17, 15) is 5.11 Å². The van der Waals surface area contributed by atoms with E-state index in [1.165, 1.54) is 0 Å². The standard InChI is InChI=1S/C13H16ClN3O/c1-2-3-8-17-13(12(9-18)15-16-17)10-4-6-11(14)7-5-10/h4-7,18H,2-3,8-9H2,1H3. The van der Waals surface area contributed by atoms with Gasteiger partial charge < -0.3 is 5.11 Å². The molecule has 0 amide bonds. The summed E-state index contributed by atoms with van der Waals surface area (Å²) in [5, 5.41) is 18.1. The van der Waals surface area contributed by atoms with Crippen molar-refractivity contribution in [3.63, 3.8) is 0 Å². The normalized spacial score (nSPS) is 10.8. The molecule has 1 heterocycles. The van der Waals surface area contributed by atoms with Gasteiger partial charge in [-0.05, 0) is 18.6 Å². The molecule has 4 nitrogen and oxygen atoms in total. The van der Waals surface area contributed by atoms with E-state index in [2.05, 4.69) is 17.2 Å².